The first kappa shape index (κ1) is 21.6. The number of ether oxygens (including phenoxy) is 2. The molecule has 11 nitrogen and oxygen atoms in total. The zero-order chi connectivity index (χ0) is 23.8. The highest BCUT2D eigenvalue weighted by Crippen LogP contribution is 2.25. The molecular formula is C24H26N8O3. The Labute approximate surface area is 201 Å². The minimum Gasteiger partial charge on any atom is -0.491 e. The van der Waals surface area contributed by atoms with Crippen LogP contribution in [0.25, 0.3) is 28.3 Å². The Morgan fingerprint density at radius 2 is 2.03 bits per heavy atom. The van der Waals surface area contributed by atoms with Crippen molar-refractivity contribution in [2.45, 2.75) is 19.5 Å². The molecule has 0 amide bonds. The first-order chi connectivity index (χ1) is 17.2. The van der Waals surface area contributed by atoms with Gasteiger partial charge in [0.25, 0.3) is 0 Å². The number of anilines is 1. The second-order valence-corrected chi connectivity index (χ2v) is 8.52. The second-order valence-electron chi connectivity index (χ2n) is 8.52. The van der Waals surface area contributed by atoms with Gasteiger partial charge >= 0.3 is 0 Å². The number of methoxy groups -OCH3 is 1. The molecule has 1 aliphatic rings. The molecule has 2 N–H and O–H groups in total. The highest BCUT2D eigenvalue weighted by molar-refractivity contribution is 5.90. The van der Waals surface area contributed by atoms with Crippen LogP contribution < -0.4 is 10.5 Å². The molecule has 5 aromatic rings. The average molecular weight is 475 g/mol. The van der Waals surface area contributed by atoms with Crippen LogP contribution in [0, 0.1) is 0 Å². The van der Waals surface area contributed by atoms with Gasteiger partial charge in [-0.1, -0.05) is 6.07 Å². The number of hydrogen-bond acceptors (Lipinski definition) is 9. The summed E-state index contributed by atoms with van der Waals surface area (Å²) in [6, 6.07) is 9.96. The number of hydrogen-bond donors (Lipinski definition) is 1. The molecule has 0 fully saturated rings. The van der Waals surface area contributed by atoms with Crippen molar-refractivity contribution < 1.29 is 13.9 Å². The summed E-state index contributed by atoms with van der Waals surface area (Å²) >= 11 is 0. The van der Waals surface area contributed by atoms with E-state index in [-0.39, 0.29) is 5.95 Å². The van der Waals surface area contributed by atoms with Gasteiger partial charge in [-0.25, -0.2) is 9.67 Å². The Morgan fingerprint density at radius 3 is 2.89 bits per heavy atom. The van der Waals surface area contributed by atoms with Gasteiger partial charge in [-0.15, -0.1) is 5.10 Å². The molecule has 0 atom stereocenters. The summed E-state index contributed by atoms with van der Waals surface area (Å²) in [6.07, 6.45) is 4.37. The summed E-state index contributed by atoms with van der Waals surface area (Å²) in [5.74, 6) is 2.17. The number of fused-ring (bicyclic) bond motifs is 4. The van der Waals surface area contributed by atoms with Crippen LogP contribution in [-0.4, -0.2) is 67.7 Å². The van der Waals surface area contributed by atoms with Gasteiger partial charge in [0, 0.05) is 26.7 Å². The highest BCUT2D eigenvalue weighted by Gasteiger charge is 2.20. The molecule has 0 saturated heterocycles. The molecule has 1 aliphatic heterocycles. The molecule has 0 spiro atoms. The Hall–Kier alpha value is -3.96. The van der Waals surface area contributed by atoms with Gasteiger partial charge in [0.15, 0.2) is 17.1 Å². The summed E-state index contributed by atoms with van der Waals surface area (Å²) in [6.45, 7) is 4.50. The van der Waals surface area contributed by atoms with Crippen LogP contribution in [0.15, 0.2) is 47.2 Å². The number of aromatic nitrogens is 6. The smallest absolute Gasteiger partial charge is 0.225 e. The Kier molecular flexibility index (Phi) is 5.55. The third-order valence-corrected chi connectivity index (χ3v) is 6.29. The number of nitrogen functional groups attached to an aromatic ring is 1. The minimum absolute atomic E-state index is 0.257. The van der Waals surface area contributed by atoms with Gasteiger partial charge in [-0.3, -0.25) is 4.90 Å². The molecule has 180 valence electrons. The van der Waals surface area contributed by atoms with Crippen LogP contribution in [0.3, 0.4) is 0 Å². The van der Waals surface area contributed by atoms with Crippen molar-refractivity contribution in [2.75, 3.05) is 39.1 Å². The molecule has 11 heteroatoms. The fourth-order valence-corrected chi connectivity index (χ4v) is 4.48. The molecule has 0 bridgehead atoms. The van der Waals surface area contributed by atoms with E-state index in [2.05, 4.69) is 37.2 Å². The molecule has 5 heterocycles. The van der Waals surface area contributed by atoms with E-state index in [9.17, 15) is 0 Å². The fraction of sp³-hybridized carbons (Fsp3) is 0.333. The van der Waals surface area contributed by atoms with Crippen LogP contribution >= 0.6 is 0 Å². The maximum Gasteiger partial charge on any atom is 0.225 e. The van der Waals surface area contributed by atoms with Crippen molar-refractivity contribution >= 4 is 22.6 Å². The molecule has 0 unspecified atom stereocenters. The van der Waals surface area contributed by atoms with Gasteiger partial charge in [0.05, 0.1) is 31.0 Å². The van der Waals surface area contributed by atoms with Gasteiger partial charge in [0.2, 0.25) is 11.8 Å². The molecule has 0 radical (unpaired) electrons. The summed E-state index contributed by atoms with van der Waals surface area (Å²) in [5.41, 5.74) is 10.2. The molecule has 6 rings (SSSR count). The van der Waals surface area contributed by atoms with Crippen LogP contribution in [0.5, 0.6) is 5.75 Å². The first-order valence-electron chi connectivity index (χ1n) is 11.6. The summed E-state index contributed by atoms with van der Waals surface area (Å²) in [5, 5.41) is 9.82. The lowest BCUT2D eigenvalue weighted by Crippen LogP contribution is -2.33. The van der Waals surface area contributed by atoms with Crippen molar-refractivity contribution in [1.29, 1.82) is 0 Å². The fourth-order valence-electron chi connectivity index (χ4n) is 4.48. The zero-order valence-electron chi connectivity index (χ0n) is 19.4. The van der Waals surface area contributed by atoms with E-state index < -0.39 is 0 Å². The van der Waals surface area contributed by atoms with Gasteiger partial charge in [-0.2, -0.15) is 14.6 Å². The second kappa shape index (κ2) is 9.01. The molecule has 0 aliphatic carbocycles. The average Bonchev–Trinajstić information content (AvgIpc) is 3.62. The van der Waals surface area contributed by atoms with Crippen LogP contribution in [0.1, 0.15) is 11.1 Å². The van der Waals surface area contributed by atoms with Crippen molar-refractivity contribution in [3.63, 3.8) is 0 Å². The van der Waals surface area contributed by atoms with E-state index in [1.165, 1.54) is 15.6 Å². The Bertz CT molecular complexity index is 1470. The zero-order valence-corrected chi connectivity index (χ0v) is 19.4. The van der Waals surface area contributed by atoms with Crippen molar-refractivity contribution in [1.82, 2.24) is 34.3 Å². The summed E-state index contributed by atoms with van der Waals surface area (Å²) < 4.78 is 19.7. The number of nitrogens with zero attached hydrogens (tertiary/aromatic N) is 7. The first-order valence-corrected chi connectivity index (χ1v) is 11.6. The van der Waals surface area contributed by atoms with Gasteiger partial charge in [0.1, 0.15) is 12.4 Å². The number of benzene rings is 1. The number of rotatable bonds is 8. The standard InChI is InChI=1S/C24H26N8O3/c1-33-11-12-34-18-5-4-16-6-7-30(15-17(16)13-18)8-9-31-22-19(14-26-31)23-27-21(20-3-2-10-35-20)29-32(23)24(25)28-22/h2-5,10,13-14H,6-9,11-12,15H2,1H3,(H2,25,28). The predicted molar refractivity (Wildman–Crippen MR) is 129 cm³/mol. The lowest BCUT2D eigenvalue weighted by Gasteiger charge is -2.29. The lowest BCUT2D eigenvalue weighted by atomic mass is 9.99. The third kappa shape index (κ3) is 4.08. The Morgan fingerprint density at radius 1 is 1.09 bits per heavy atom. The highest BCUT2D eigenvalue weighted by atomic mass is 16.5. The van der Waals surface area contributed by atoms with E-state index in [0.29, 0.717) is 42.6 Å². The quantitative estimate of drug-likeness (QED) is 0.338. The third-order valence-electron chi connectivity index (χ3n) is 6.29. The summed E-state index contributed by atoms with van der Waals surface area (Å²) in [7, 11) is 1.67. The van der Waals surface area contributed by atoms with Gasteiger partial charge < -0.3 is 19.6 Å². The van der Waals surface area contributed by atoms with E-state index in [1.807, 2.05) is 16.8 Å². The maximum atomic E-state index is 6.21. The van der Waals surface area contributed by atoms with Gasteiger partial charge in [-0.05, 0) is 41.8 Å². The SMILES string of the molecule is COCCOc1ccc2c(c1)CN(CCn1ncc3c1nc(N)n1nc(-c4ccco4)nc31)CC2. The number of furan rings is 1. The van der Waals surface area contributed by atoms with E-state index in [0.717, 1.165) is 37.2 Å². The van der Waals surface area contributed by atoms with E-state index in [4.69, 9.17) is 19.6 Å². The number of nitrogens with two attached hydrogens (primary N) is 1. The van der Waals surface area contributed by atoms with Crippen molar-refractivity contribution in [2.24, 2.45) is 0 Å². The van der Waals surface area contributed by atoms with Crippen molar-refractivity contribution in [3.8, 4) is 17.3 Å². The summed E-state index contributed by atoms with van der Waals surface area (Å²) in [4.78, 5) is 11.6. The van der Waals surface area contributed by atoms with Crippen molar-refractivity contribution in [3.05, 3.63) is 53.9 Å². The normalized spacial score (nSPS) is 14.1. The monoisotopic (exact) mass is 474 g/mol. The lowest BCUT2D eigenvalue weighted by molar-refractivity contribution is 0.146. The van der Waals surface area contributed by atoms with E-state index in [1.54, 1.807) is 25.6 Å². The van der Waals surface area contributed by atoms with E-state index >= 15 is 0 Å². The molecule has 1 aromatic carbocycles. The predicted octanol–water partition coefficient (Wildman–Crippen LogP) is 2.40. The molecule has 4 aromatic heterocycles. The Balaban J connectivity index is 1.19. The molecular weight excluding hydrogens is 448 g/mol. The largest absolute Gasteiger partial charge is 0.491 e. The van der Waals surface area contributed by atoms with Crippen LogP contribution in [0.2, 0.25) is 0 Å². The topological polar surface area (TPSA) is 122 Å². The maximum absolute atomic E-state index is 6.21. The molecule has 0 saturated carbocycles. The molecule has 35 heavy (non-hydrogen) atoms. The minimum atomic E-state index is 0.257. The van der Waals surface area contributed by atoms with Crippen LogP contribution in [0.4, 0.5) is 5.95 Å². The van der Waals surface area contributed by atoms with Crippen LogP contribution in [-0.2, 0) is 24.2 Å².